The zero-order valence-corrected chi connectivity index (χ0v) is 9.76. The lowest BCUT2D eigenvalue weighted by Crippen LogP contribution is -1.99. The van der Waals surface area contributed by atoms with Crippen LogP contribution in [0.3, 0.4) is 0 Å². The van der Waals surface area contributed by atoms with Crippen LogP contribution in [0.25, 0.3) is 10.1 Å². The Morgan fingerprint density at radius 2 is 1.94 bits per heavy atom. The van der Waals surface area contributed by atoms with Crippen molar-refractivity contribution < 1.29 is 14.6 Å². The second-order valence-electron chi connectivity index (χ2n) is 3.24. The third-order valence-electron chi connectivity index (χ3n) is 2.30. The van der Waals surface area contributed by atoms with Gasteiger partial charge in [-0.2, -0.15) is 4.37 Å². The summed E-state index contributed by atoms with van der Waals surface area (Å²) in [6.07, 6.45) is 0. The number of ether oxygens (including phenoxy) is 1. The van der Waals surface area contributed by atoms with Crippen molar-refractivity contribution in [3.8, 4) is 5.88 Å². The zero-order chi connectivity index (χ0) is 13.4. The van der Waals surface area contributed by atoms with Gasteiger partial charge in [0, 0.05) is 0 Å². The summed E-state index contributed by atoms with van der Waals surface area (Å²) in [4.78, 5) is 20.2. The van der Waals surface area contributed by atoms with Gasteiger partial charge in [0.15, 0.2) is 0 Å². The topological polar surface area (TPSA) is 134 Å². The molecule has 0 aliphatic rings. The number of hydrogen-bond donors (Lipinski definition) is 1. The first kappa shape index (κ1) is 12.0. The first-order valence-electron chi connectivity index (χ1n) is 4.52. The van der Waals surface area contributed by atoms with Crippen molar-refractivity contribution in [3.05, 3.63) is 26.3 Å². The number of rotatable bonds is 3. The van der Waals surface area contributed by atoms with Gasteiger partial charge in [-0.3, -0.25) is 20.2 Å². The average molecular weight is 270 g/mol. The average Bonchev–Trinajstić information content (AvgIpc) is 2.72. The van der Waals surface area contributed by atoms with E-state index in [0.29, 0.717) is 0 Å². The number of nitrogens with zero attached hydrogens (tertiary/aromatic N) is 3. The largest absolute Gasteiger partial charge is 0.480 e. The number of benzene rings is 1. The van der Waals surface area contributed by atoms with Crippen molar-refractivity contribution in [2.45, 2.75) is 0 Å². The molecule has 9 nitrogen and oxygen atoms in total. The van der Waals surface area contributed by atoms with Gasteiger partial charge in [0.05, 0.1) is 27.7 Å². The van der Waals surface area contributed by atoms with E-state index >= 15 is 0 Å². The first-order chi connectivity index (χ1) is 8.47. The molecule has 18 heavy (non-hydrogen) atoms. The van der Waals surface area contributed by atoms with E-state index in [4.69, 9.17) is 10.5 Å². The normalized spacial score (nSPS) is 10.5. The van der Waals surface area contributed by atoms with Crippen LogP contribution >= 0.6 is 11.5 Å². The lowest BCUT2D eigenvalue weighted by atomic mass is 10.2. The summed E-state index contributed by atoms with van der Waals surface area (Å²) < 4.78 is 8.89. The van der Waals surface area contributed by atoms with E-state index in [2.05, 4.69) is 4.37 Å². The number of nitrogen functional groups attached to an aromatic ring is 1. The number of methoxy groups -OCH3 is 1. The van der Waals surface area contributed by atoms with Crippen molar-refractivity contribution >= 4 is 38.7 Å². The molecule has 0 saturated heterocycles. The second-order valence-corrected chi connectivity index (χ2v) is 4.01. The van der Waals surface area contributed by atoms with Crippen LogP contribution in [0.15, 0.2) is 6.07 Å². The van der Waals surface area contributed by atoms with Gasteiger partial charge in [0.1, 0.15) is 11.1 Å². The molecule has 0 fully saturated rings. The fourth-order valence-corrected chi connectivity index (χ4v) is 2.34. The quantitative estimate of drug-likeness (QED) is 0.509. The summed E-state index contributed by atoms with van der Waals surface area (Å²) in [5, 5.41) is 21.8. The summed E-state index contributed by atoms with van der Waals surface area (Å²) in [5.74, 6) is 0.0308. The van der Waals surface area contributed by atoms with Crippen molar-refractivity contribution in [1.29, 1.82) is 0 Å². The minimum absolute atomic E-state index is 0.0308. The van der Waals surface area contributed by atoms with Gasteiger partial charge in [0.2, 0.25) is 5.88 Å². The van der Waals surface area contributed by atoms with Crippen LogP contribution in [-0.2, 0) is 0 Å². The van der Waals surface area contributed by atoms with Gasteiger partial charge in [0.25, 0.3) is 5.69 Å². The van der Waals surface area contributed by atoms with Crippen molar-refractivity contribution in [1.82, 2.24) is 4.37 Å². The molecule has 1 aromatic carbocycles. The van der Waals surface area contributed by atoms with E-state index in [1.165, 1.54) is 7.11 Å². The number of fused-ring (bicyclic) bond motifs is 1. The molecule has 0 saturated carbocycles. The number of hydrogen-bond acceptors (Lipinski definition) is 8. The fraction of sp³-hybridized carbons (Fsp3) is 0.125. The van der Waals surface area contributed by atoms with E-state index in [1.54, 1.807) is 0 Å². The number of nitro benzene ring substituents is 2. The van der Waals surface area contributed by atoms with Crippen molar-refractivity contribution in [2.75, 3.05) is 12.8 Å². The number of nitro groups is 2. The van der Waals surface area contributed by atoms with Crippen LogP contribution in [0.5, 0.6) is 5.88 Å². The predicted octanol–water partition coefficient (Wildman–Crippen LogP) is 1.70. The Bertz CT molecular complexity index is 667. The molecule has 0 aliphatic heterocycles. The Hall–Kier alpha value is -2.49. The van der Waals surface area contributed by atoms with E-state index < -0.39 is 21.2 Å². The number of nitrogens with two attached hydrogens (primary N) is 1. The summed E-state index contributed by atoms with van der Waals surface area (Å²) in [6.45, 7) is 0. The smallest absolute Gasteiger partial charge is 0.300 e. The van der Waals surface area contributed by atoms with Crippen LogP contribution in [0.4, 0.5) is 17.1 Å². The maximum atomic E-state index is 10.9. The Labute approximate surface area is 103 Å². The molecule has 0 amide bonds. The van der Waals surface area contributed by atoms with Gasteiger partial charge in [-0.05, 0) is 11.5 Å². The maximum absolute atomic E-state index is 10.9. The minimum atomic E-state index is -0.770. The van der Waals surface area contributed by atoms with Crippen LogP contribution in [0.1, 0.15) is 0 Å². The van der Waals surface area contributed by atoms with E-state index in [1.807, 2.05) is 0 Å². The Kier molecular flexibility index (Phi) is 2.71. The lowest BCUT2D eigenvalue weighted by molar-refractivity contribution is -0.392. The van der Waals surface area contributed by atoms with E-state index in [-0.39, 0.29) is 21.7 Å². The number of non-ortho nitro benzene ring substituents is 1. The molecule has 0 aliphatic carbocycles. The Balaban J connectivity index is 2.94. The third-order valence-corrected chi connectivity index (χ3v) is 3.16. The van der Waals surface area contributed by atoms with Crippen molar-refractivity contribution in [2.24, 2.45) is 0 Å². The number of aromatic nitrogens is 1. The molecule has 94 valence electrons. The Morgan fingerprint density at radius 1 is 1.33 bits per heavy atom. The fourth-order valence-electron chi connectivity index (χ4n) is 1.52. The molecular formula is C8H6N4O5S. The van der Waals surface area contributed by atoms with Gasteiger partial charge in [-0.25, -0.2) is 0 Å². The lowest BCUT2D eigenvalue weighted by Gasteiger charge is -2.00. The first-order valence-corrected chi connectivity index (χ1v) is 5.29. The molecule has 1 heterocycles. The summed E-state index contributed by atoms with van der Waals surface area (Å²) in [5.41, 5.74) is 4.49. The van der Waals surface area contributed by atoms with Crippen LogP contribution in [0.2, 0.25) is 0 Å². The third kappa shape index (κ3) is 1.59. The van der Waals surface area contributed by atoms with Crippen LogP contribution in [0, 0.1) is 20.2 Å². The summed E-state index contributed by atoms with van der Waals surface area (Å²) >= 11 is 0.819. The molecule has 1 aromatic heterocycles. The molecule has 2 N–H and O–H groups in total. The summed E-state index contributed by atoms with van der Waals surface area (Å²) in [7, 11) is 1.30. The SMILES string of the molecule is COc1nsc2c(N)c([N+](=O)[O-])cc([N+](=O)[O-])c12. The summed E-state index contributed by atoms with van der Waals surface area (Å²) in [6, 6.07) is 0.814. The molecular weight excluding hydrogens is 264 g/mol. The van der Waals surface area contributed by atoms with Crippen molar-refractivity contribution in [3.63, 3.8) is 0 Å². The van der Waals surface area contributed by atoms with Gasteiger partial charge in [-0.15, -0.1) is 0 Å². The van der Waals surface area contributed by atoms with Crippen LogP contribution < -0.4 is 10.5 Å². The van der Waals surface area contributed by atoms with Crippen LogP contribution in [-0.4, -0.2) is 21.3 Å². The molecule has 0 unspecified atom stereocenters. The maximum Gasteiger partial charge on any atom is 0.300 e. The molecule has 10 heteroatoms. The predicted molar refractivity (Wildman–Crippen MR) is 63.9 cm³/mol. The second kappa shape index (κ2) is 4.07. The highest BCUT2D eigenvalue weighted by molar-refractivity contribution is 7.14. The van der Waals surface area contributed by atoms with Gasteiger partial charge >= 0.3 is 5.69 Å². The standard InChI is InChI=1S/C8H6N4O5S/c1-17-8-5-3(11(13)14)2-4(12(15)16)6(9)7(5)18-10-8/h2H,9H2,1H3. The highest BCUT2D eigenvalue weighted by atomic mass is 32.1. The molecule has 2 rings (SSSR count). The van der Waals surface area contributed by atoms with E-state index in [9.17, 15) is 20.2 Å². The van der Waals surface area contributed by atoms with E-state index in [0.717, 1.165) is 17.6 Å². The Morgan fingerprint density at radius 3 is 2.44 bits per heavy atom. The molecule has 0 spiro atoms. The number of anilines is 1. The molecule has 0 bridgehead atoms. The highest BCUT2D eigenvalue weighted by Crippen LogP contribution is 2.43. The zero-order valence-electron chi connectivity index (χ0n) is 8.95. The molecule has 0 radical (unpaired) electrons. The highest BCUT2D eigenvalue weighted by Gasteiger charge is 2.28. The molecule has 2 aromatic rings. The monoisotopic (exact) mass is 270 g/mol. The molecule has 0 atom stereocenters. The van der Waals surface area contributed by atoms with Gasteiger partial charge in [-0.1, -0.05) is 0 Å². The van der Waals surface area contributed by atoms with Gasteiger partial charge < -0.3 is 10.5 Å². The minimum Gasteiger partial charge on any atom is -0.480 e.